The van der Waals surface area contributed by atoms with E-state index in [4.69, 9.17) is 23.1 Å². The molecule has 50 heavy (non-hydrogen) atoms. The van der Waals surface area contributed by atoms with Crippen molar-refractivity contribution >= 4 is 40.7 Å². The monoisotopic (exact) mass is 717 g/mol. The zero-order chi connectivity index (χ0) is 37.3. The Hall–Kier alpha value is -4.29. The number of carbonyl (C=O) groups excluding carboxylic acids is 2. The van der Waals surface area contributed by atoms with E-state index in [-0.39, 0.29) is 22.5 Å². The van der Waals surface area contributed by atoms with Crippen molar-refractivity contribution in [2.75, 3.05) is 20.8 Å². The third-order valence-electron chi connectivity index (χ3n) is 9.41. The normalized spacial score (nSPS) is 13.2. The van der Waals surface area contributed by atoms with E-state index >= 15 is 0 Å². The molecule has 1 amide bonds. The van der Waals surface area contributed by atoms with Crippen molar-refractivity contribution in [3.05, 3.63) is 95.6 Å². The topological polar surface area (TPSA) is 92.3 Å². The summed E-state index contributed by atoms with van der Waals surface area (Å²) in [6, 6.07) is 20.6. The number of methoxy groups -OCH3 is 2. The minimum Gasteiger partial charge on any atom is -0.543 e. The summed E-state index contributed by atoms with van der Waals surface area (Å²) < 4.78 is 29.6. The Kier molecular flexibility index (Phi) is 13.3. The highest BCUT2D eigenvalue weighted by Gasteiger charge is 2.39. The SMILES string of the molecule is COc1ccc([C@@H](CNC(=O)/C=C/c2cccc(O[Si](C)(C)C(C)(C)C)c2)OC(=O)/C=C/c2cccc(O[Si](C)(C)C(C)(C)C)c2)cc1OC. The van der Waals surface area contributed by atoms with Crippen molar-refractivity contribution in [3.8, 4) is 23.0 Å². The Morgan fingerprint density at radius 3 is 1.68 bits per heavy atom. The lowest BCUT2D eigenvalue weighted by atomic mass is 10.1. The lowest BCUT2D eigenvalue weighted by Crippen LogP contribution is -2.43. The van der Waals surface area contributed by atoms with E-state index in [9.17, 15) is 9.59 Å². The van der Waals surface area contributed by atoms with Crippen LogP contribution in [0, 0.1) is 0 Å². The zero-order valence-electron chi connectivity index (χ0n) is 31.8. The van der Waals surface area contributed by atoms with Crippen molar-refractivity contribution in [1.82, 2.24) is 5.32 Å². The third kappa shape index (κ3) is 11.4. The molecule has 0 radical (unpaired) electrons. The van der Waals surface area contributed by atoms with Gasteiger partial charge in [-0.2, -0.15) is 0 Å². The van der Waals surface area contributed by atoms with E-state index in [1.165, 1.54) is 19.3 Å². The molecule has 0 bridgehead atoms. The molecule has 1 N–H and O–H groups in total. The molecule has 3 aromatic carbocycles. The van der Waals surface area contributed by atoms with Crippen LogP contribution < -0.4 is 23.6 Å². The van der Waals surface area contributed by atoms with Gasteiger partial charge in [-0.15, -0.1) is 0 Å². The molecule has 3 aromatic rings. The van der Waals surface area contributed by atoms with Crippen LogP contribution in [0.1, 0.15) is 64.3 Å². The number of hydrogen-bond donors (Lipinski definition) is 1. The first-order valence-corrected chi connectivity index (χ1v) is 22.7. The Bertz CT molecular complexity index is 1680. The molecule has 0 heterocycles. The average Bonchev–Trinajstić information content (AvgIpc) is 3.03. The van der Waals surface area contributed by atoms with Gasteiger partial charge in [-0.05, 0) is 102 Å². The summed E-state index contributed by atoms with van der Waals surface area (Å²) in [7, 11) is -0.955. The molecule has 0 unspecified atom stereocenters. The lowest BCUT2D eigenvalue weighted by Gasteiger charge is -2.36. The van der Waals surface area contributed by atoms with Gasteiger partial charge in [0.1, 0.15) is 17.6 Å². The van der Waals surface area contributed by atoms with E-state index in [0.29, 0.717) is 17.1 Å². The van der Waals surface area contributed by atoms with Crippen molar-refractivity contribution in [1.29, 1.82) is 0 Å². The number of amides is 1. The molecule has 1 atom stereocenters. The van der Waals surface area contributed by atoms with Crippen molar-refractivity contribution in [2.24, 2.45) is 0 Å². The molecular formula is C40H55NO7Si2. The Morgan fingerprint density at radius 2 is 1.20 bits per heavy atom. The molecule has 0 saturated heterocycles. The number of hydrogen-bond acceptors (Lipinski definition) is 7. The molecule has 0 saturated carbocycles. The summed E-state index contributed by atoms with van der Waals surface area (Å²) in [5, 5.41) is 2.99. The summed E-state index contributed by atoms with van der Waals surface area (Å²) in [6.45, 7) is 22.0. The molecular weight excluding hydrogens is 663 g/mol. The second-order valence-electron chi connectivity index (χ2n) is 15.3. The Labute approximate surface area is 301 Å². The van der Waals surface area contributed by atoms with Gasteiger partial charge in [0.05, 0.1) is 20.8 Å². The standard InChI is InChI=1S/C40H55NO7Si2/c1-39(2,3)49(9,10)47-32-17-13-15-29(25-32)19-23-37(42)41-28-36(31-21-22-34(44-7)35(27-31)45-8)46-38(43)24-20-30-16-14-18-33(26-30)48-50(11,12)40(4,5)6/h13-27,36H,28H2,1-12H3,(H,41,42)/b23-19+,24-20+/t36-/m1/s1. The fourth-order valence-electron chi connectivity index (χ4n) is 4.31. The van der Waals surface area contributed by atoms with Gasteiger partial charge in [0.25, 0.3) is 0 Å². The summed E-state index contributed by atoms with van der Waals surface area (Å²) in [5.74, 6) is 1.66. The first-order valence-electron chi connectivity index (χ1n) is 16.9. The molecule has 0 aliphatic heterocycles. The number of carbonyl (C=O) groups is 2. The smallest absolute Gasteiger partial charge is 0.331 e. The minimum atomic E-state index is -2.03. The van der Waals surface area contributed by atoms with E-state index in [0.717, 1.165) is 22.6 Å². The van der Waals surface area contributed by atoms with Gasteiger partial charge in [0.15, 0.2) is 11.5 Å². The molecule has 0 aliphatic carbocycles. The van der Waals surface area contributed by atoms with Gasteiger partial charge in [-0.3, -0.25) is 4.79 Å². The van der Waals surface area contributed by atoms with Crippen LogP contribution in [0.4, 0.5) is 0 Å². The van der Waals surface area contributed by atoms with Crippen LogP contribution in [0.15, 0.2) is 78.9 Å². The quantitative estimate of drug-likeness (QED) is 0.101. The number of benzene rings is 3. The van der Waals surface area contributed by atoms with Gasteiger partial charge in [-0.1, -0.05) is 71.9 Å². The maximum Gasteiger partial charge on any atom is 0.331 e. The van der Waals surface area contributed by atoms with Gasteiger partial charge in [0, 0.05) is 12.2 Å². The fraction of sp³-hybridized carbons (Fsp3) is 0.400. The highest BCUT2D eigenvalue weighted by molar-refractivity contribution is 6.75. The Morgan fingerprint density at radius 1 is 0.700 bits per heavy atom. The largest absolute Gasteiger partial charge is 0.543 e. The highest BCUT2D eigenvalue weighted by atomic mass is 28.4. The molecule has 0 fully saturated rings. The predicted molar refractivity (Wildman–Crippen MR) is 208 cm³/mol. The van der Waals surface area contributed by atoms with Crippen molar-refractivity contribution in [2.45, 2.75) is 83.9 Å². The maximum atomic E-state index is 13.1. The zero-order valence-corrected chi connectivity index (χ0v) is 33.8. The second kappa shape index (κ2) is 16.6. The molecule has 0 aromatic heterocycles. The molecule has 10 heteroatoms. The highest BCUT2D eigenvalue weighted by Crippen LogP contribution is 2.38. The van der Waals surface area contributed by atoms with E-state index < -0.39 is 28.7 Å². The van der Waals surface area contributed by atoms with Crippen molar-refractivity contribution < 1.29 is 32.7 Å². The first-order chi connectivity index (χ1) is 23.2. The molecule has 8 nitrogen and oxygen atoms in total. The van der Waals surface area contributed by atoms with Crippen LogP contribution in [-0.4, -0.2) is 49.3 Å². The lowest BCUT2D eigenvalue weighted by molar-refractivity contribution is -0.143. The van der Waals surface area contributed by atoms with Crippen LogP contribution in [0.5, 0.6) is 23.0 Å². The Balaban J connectivity index is 1.75. The van der Waals surface area contributed by atoms with Crippen LogP contribution in [0.3, 0.4) is 0 Å². The molecule has 0 spiro atoms. The van der Waals surface area contributed by atoms with Gasteiger partial charge >= 0.3 is 5.97 Å². The second-order valence-corrected chi connectivity index (χ2v) is 24.8. The molecule has 0 aliphatic rings. The van der Waals surface area contributed by atoms with Gasteiger partial charge < -0.3 is 28.4 Å². The maximum absolute atomic E-state index is 13.1. The summed E-state index contributed by atoms with van der Waals surface area (Å²) in [5.41, 5.74) is 2.27. The molecule has 270 valence electrons. The van der Waals surface area contributed by atoms with Crippen LogP contribution in [-0.2, 0) is 14.3 Å². The fourth-order valence-corrected chi connectivity index (χ4v) is 6.35. The van der Waals surface area contributed by atoms with E-state index in [2.05, 4.69) is 73.0 Å². The summed E-state index contributed by atoms with van der Waals surface area (Å²) >= 11 is 0. The van der Waals surface area contributed by atoms with Crippen molar-refractivity contribution in [3.63, 3.8) is 0 Å². The third-order valence-corrected chi connectivity index (χ3v) is 18.1. The van der Waals surface area contributed by atoms with E-state index in [1.807, 2.05) is 48.5 Å². The van der Waals surface area contributed by atoms with Crippen LogP contribution in [0.25, 0.3) is 12.2 Å². The number of rotatable bonds is 14. The predicted octanol–water partition coefficient (Wildman–Crippen LogP) is 9.60. The van der Waals surface area contributed by atoms with Crippen LogP contribution >= 0.6 is 0 Å². The summed E-state index contributed by atoms with van der Waals surface area (Å²) in [6.07, 6.45) is 5.45. The molecule has 3 rings (SSSR count). The van der Waals surface area contributed by atoms with Gasteiger partial charge in [-0.25, -0.2) is 4.79 Å². The minimum absolute atomic E-state index is 0.0304. The first kappa shape index (κ1) is 40.1. The van der Waals surface area contributed by atoms with E-state index in [1.54, 1.807) is 37.5 Å². The average molecular weight is 718 g/mol. The number of ether oxygens (including phenoxy) is 3. The van der Waals surface area contributed by atoms with Crippen LogP contribution in [0.2, 0.25) is 36.3 Å². The number of esters is 1. The van der Waals surface area contributed by atoms with Gasteiger partial charge in [0.2, 0.25) is 22.5 Å². The summed E-state index contributed by atoms with van der Waals surface area (Å²) in [4.78, 5) is 26.1. The number of nitrogens with one attached hydrogen (secondary N) is 1.